The average Bonchev–Trinajstić information content (AvgIpc) is 3.17. The molecule has 2 aliphatic carbocycles. The van der Waals surface area contributed by atoms with Crippen LogP contribution in [0.3, 0.4) is 0 Å². The Balaban J connectivity index is 1.36. The van der Waals surface area contributed by atoms with Crippen LogP contribution in [0.5, 0.6) is 5.75 Å². The first-order valence-electron chi connectivity index (χ1n) is 10.1. The molecule has 2 saturated carbocycles. The fourth-order valence-electron chi connectivity index (χ4n) is 6.24. The van der Waals surface area contributed by atoms with Gasteiger partial charge in [0.1, 0.15) is 11.9 Å². The van der Waals surface area contributed by atoms with Crippen LogP contribution in [0, 0.1) is 11.8 Å². The summed E-state index contributed by atoms with van der Waals surface area (Å²) in [7, 11) is 0. The lowest BCUT2D eigenvalue weighted by Gasteiger charge is -2.52. The van der Waals surface area contributed by atoms with Crippen LogP contribution < -0.4 is 4.74 Å². The van der Waals surface area contributed by atoms with Crippen molar-refractivity contribution < 1.29 is 9.47 Å². The van der Waals surface area contributed by atoms with Crippen LogP contribution in [-0.4, -0.2) is 35.3 Å². The average molecular weight is 341 g/mol. The number of rotatable bonds is 2. The standard InChI is InChI=1S/C22H31NO2/c1-15-8-18-9-17(5-7-20(18)24-15)12-23-13-21(2,3)25-22(14-23)11-16-4-6-19(22)10-16/h5,7,9,15-16,19H,4,6,8,10-14H2,1-3H3. The normalized spacial score (nSPS) is 38.9. The van der Waals surface area contributed by atoms with Gasteiger partial charge in [0.2, 0.25) is 0 Å². The number of nitrogens with zero attached hydrogens (tertiary/aromatic N) is 1. The van der Waals surface area contributed by atoms with Crippen LogP contribution in [0.2, 0.25) is 0 Å². The van der Waals surface area contributed by atoms with Crippen molar-refractivity contribution in [1.82, 2.24) is 4.90 Å². The predicted octanol–water partition coefficient (Wildman–Crippen LogP) is 4.18. The molecule has 4 unspecified atom stereocenters. The Morgan fingerprint density at radius 2 is 2.08 bits per heavy atom. The third kappa shape index (κ3) is 2.80. The van der Waals surface area contributed by atoms with E-state index in [2.05, 4.69) is 43.9 Å². The molecular formula is C22H31NO2. The Morgan fingerprint density at radius 3 is 2.84 bits per heavy atom. The molecule has 0 amide bonds. The molecule has 2 aliphatic heterocycles. The summed E-state index contributed by atoms with van der Waals surface area (Å²) in [5.41, 5.74) is 2.88. The highest BCUT2D eigenvalue weighted by atomic mass is 16.5. The highest BCUT2D eigenvalue weighted by molar-refractivity contribution is 5.40. The molecule has 3 heteroatoms. The van der Waals surface area contributed by atoms with Gasteiger partial charge >= 0.3 is 0 Å². The van der Waals surface area contributed by atoms with E-state index in [0.717, 1.165) is 43.6 Å². The Hall–Kier alpha value is -1.06. The number of hydrogen-bond donors (Lipinski definition) is 0. The maximum atomic E-state index is 6.75. The molecule has 4 aliphatic rings. The summed E-state index contributed by atoms with van der Waals surface area (Å²) < 4.78 is 12.6. The number of ether oxygens (including phenoxy) is 2. The van der Waals surface area contributed by atoms with E-state index in [1.54, 1.807) is 0 Å². The minimum atomic E-state index is -0.0446. The molecule has 3 fully saturated rings. The van der Waals surface area contributed by atoms with Crippen LogP contribution >= 0.6 is 0 Å². The fourth-order valence-corrected chi connectivity index (χ4v) is 6.24. The van der Waals surface area contributed by atoms with Gasteiger partial charge in [0.25, 0.3) is 0 Å². The summed E-state index contributed by atoms with van der Waals surface area (Å²) >= 11 is 0. The summed E-state index contributed by atoms with van der Waals surface area (Å²) in [5, 5.41) is 0. The lowest BCUT2D eigenvalue weighted by Crippen LogP contribution is -2.61. The Kier molecular flexibility index (Phi) is 3.53. The van der Waals surface area contributed by atoms with Crippen LogP contribution in [0.15, 0.2) is 18.2 Å². The third-order valence-electron chi connectivity index (χ3n) is 6.86. The molecule has 2 heterocycles. The Labute approximate surface area is 151 Å². The molecule has 1 spiro atoms. The van der Waals surface area contributed by atoms with E-state index in [-0.39, 0.29) is 11.2 Å². The molecule has 0 aromatic heterocycles. The largest absolute Gasteiger partial charge is 0.490 e. The highest BCUT2D eigenvalue weighted by Gasteiger charge is 2.56. The van der Waals surface area contributed by atoms with E-state index in [9.17, 15) is 0 Å². The summed E-state index contributed by atoms with van der Waals surface area (Å²) in [6.07, 6.45) is 6.86. The summed E-state index contributed by atoms with van der Waals surface area (Å²) in [5.74, 6) is 2.79. The van der Waals surface area contributed by atoms with Crippen LogP contribution in [0.4, 0.5) is 0 Å². The number of benzene rings is 1. The van der Waals surface area contributed by atoms with E-state index in [1.165, 1.54) is 36.8 Å². The first-order chi connectivity index (χ1) is 11.9. The Morgan fingerprint density at radius 1 is 1.20 bits per heavy atom. The van der Waals surface area contributed by atoms with E-state index in [1.807, 2.05) is 0 Å². The number of hydrogen-bond acceptors (Lipinski definition) is 3. The van der Waals surface area contributed by atoms with Gasteiger partial charge in [-0.15, -0.1) is 0 Å². The minimum absolute atomic E-state index is 0.0446. The molecule has 1 aromatic carbocycles. The molecule has 136 valence electrons. The molecule has 0 radical (unpaired) electrons. The van der Waals surface area contributed by atoms with Crippen LogP contribution in [0.1, 0.15) is 57.6 Å². The monoisotopic (exact) mass is 341 g/mol. The number of fused-ring (bicyclic) bond motifs is 4. The van der Waals surface area contributed by atoms with Gasteiger partial charge < -0.3 is 9.47 Å². The topological polar surface area (TPSA) is 21.7 Å². The maximum Gasteiger partial charge on any atom is 0.123 e. The third-order valence-corrected chi connectivity index (χ3v) is 6.86. The SMILES string of the molecule is CC1Cc2cc(CN3CC(C)(C)OC4(CC5CCC4C5)C3)ccc2O1. The quantitative estimate of drug-likeness (QED) is 0.805. The maximum absolute atomic E-state index is 6.75. The van der Waals surface area contributed by atoms with Gasteiger partial charge in [-0.3, -0.25) is 4.90 Å². The van der Waals surface area contributed by atoms with Gasteiger partial charge in [0.15, 0.2) is 0 Å². The van der Waals surface area contributed by atoms with E-state index in [4.69, 9.17) is 9.47 Å². The van der Waals surface area contributed by atoms with Gasteiger partial charge in [-0.25, -0.2) is 0 Å². The molecule has 4 atom stereocenters. The molecule has 1 saturated heterocycles. The van der Waals surface area contributed by atoms with Gasteiger partial charge in [-0.1, -0.05) is 12.1 Å². The molecule has 2 bridgehead atoms. The second kappa shape index (κ2) is 5.47. The van der Waals surface area contributed by atoms with Crippen molar-refractivity contribution in [2.24, 2.45) is 11.8 Å². The van der Waals surface area contributed by atoms with E-state index >= 15 is 0 Å². The second-order valence-corrected chi connectivity index (χ2v) is 9.73. The smallest absolute Gasteiger partial charge is 0.123 e. The summed E-state index contributed by atoms with van der Waals surface area (Å²) in [4.78, 5) is 2.66. The van der Waals surface area contributed by atoms with Crippen molar-refractivity contribution in [3.8, 4) is 5.75 Å². The second-order valence-electron chi connectivity index (χ2n) is 9.73. The van der Waals surface area contributed by atoms with Crippen LogP contribution in [-0.2, 0) is 17.7 Å². The fraction of sp³-hybridized carbons (Fsp3) is 0.727. The van der Waals surface area contributed by atoms with Crippen molar-refractivity contribution in [2.45, 2.75) is 76.7 Å². The van der Waals surface area contributed by atoms with Crippen molar-refractivity contribution >= 4 is 0 Å². The van der Waals surface area contributed by atoms with E-state index in [0.29, 0.717) is 6.10 Å². The molecule has 5 rings (SSSR count). The lowest BCUT2D eigenvalue weighted by atomic mass is 9.81. The zero-order valence-electron chi connectivity index (χ0n) is 15.9. The van der Waals surface area contributed by atoms with Crippen molar-refractivity contribution in [3.05, 3.63) is 29.3 Å². The van der Waals surface area contributed by atoms with Crippen molar-refractivity contribution in [1.29, 1.82) is 0 Å². The highest BCUT2D eigenvalue weighted by Crippen LogP contribution is 2.55. The zero-order chi connectivity index (χ0) is 17.2. The Bertz CT molecular complexity index is 685. The van der Waals surface area contributed by atoms with Gasteiger partial charge in [-0.2, -0.15) is 0 Å². The van der Waals surface area contributed by atoms with Crippen molar-refractivity contribution in [2.75, 3.05) is 13.1 Å². The van der Waals surface area contributed by atoms with E-state index < -0.39 is 0 Å². The van der Waals surface area contributed by atoms with Crippen molar-refractivity contribution in [3.63, 3.8) is 0 Å². The first-order valence-corrected chi connectivity index (χ1v) is 10.1. The first kappa shape index (κ1) is 16.1. The summed E-state index contributed by atoms with van der Waals surface area (Å²) in [6.45, 7) is 9.89. The van der Waals surface area contributed by atoms with Gasteiger partial charge in [0.05, 0.1) is 11.2 Å². The molecule has 3 nitrogen and oxygen atoms in total. The molecule has 0 N–H and O–H groups in total. The molecular weight excluding hydrogens is 310 g/mol. The van der Waals surface area contributed by atoms with Gasteiger partial charge in [-0.05, 0) is 75.5 Å². The minimum Gasteiger partial charge on any atom is -0.490 e. The number of morpholine rings is 1. The summed E-state index contributed by atoms with van der Waals surface area (Å²) in [6, 6.07) is 6.80. The predicted molar refractivity (Wildman–Crippen MR) is 98.9 cm³/mol. The molecule has 1 aromatic rings. The van der Waals surface area contributed by atoms with Gasteiger partial charge in [0, 0.05) is 26.1 Å². The molecule has 25 heavy (non-hydrogen) atoms. The zero-order valence-corrected chi connectivity index (χ0v) is 15.9. The lowest BCUT2D eigenvalue weighted by molar-refractivity contribution is -0.218. The van der Waals surface area contributed by atoms with Crippen LogP contribution in [0.25, 0.3) is 0 Å².